The van der Waals surface area contributed by atoms with Crippen molar-refractivity contribution in [3.8, 4) is 0 Å². The molecular formula is C29H47F4N5O. The van der Waals surface area contributed by atoms with Gasteiger partial charge >= 0.3 is 6.18 Å². The van der Waals surface area contributed by atoms with Gasteiger partial charge in [0, 0.05) is 23.2 Å². The molecular weight excluding hydrogens is 510 g/mol. The van der Waals surface area contributed by atoms with Crippen molar-refractivity contribution in [3.05, 3.63) is 71.5 Å². The van der Waals surface area contributed by atoms with Crippen LogP contribution in [0, 0.1) is 0 Å². The van der Waals surface area contributed by atoms with Crippen LogP contribution in [-0.2, 0) is 4.79 Å². The molecule has 0 radical (unpaired) electrons. The maximum atomic E-state index is 13.9. The topological polar surface area (TPSA) is 77.6 Å². The lowest BCUT2D eigenvalue weighted by Gasteiger charge is -2.32. The van der Waals surface area contributed by atoms with Crippen molar-refractivity contribution < 1.29 is 22.4 Å². The van der Waals surface area contributed by atoms with Gasteiger partial charge in [-0.1, -0.05) is 58.9 Å². The molecule has 1 saturated heterocycles. The SMILES string of the molecule is C1CCNCC1.C=C1C=C(C)N=C(/C(=C\C=C/C)C(NC2NC=C(F)C=C2C)C(F)(F)F)N1.C=O.CC.CC. The average molecular weight is 558 g/mol. The Morgan fingerprint density at radius 2 is 1.69 bits per heavy atom. The van der Waals surface area contributed by atoms with Crippen LogP contribution in [0.25, 0.3) is 0 Å². The van der Waals surface area contributed by atoms with E-state index in [9.17, 15) is 17.6 Å². The molecule has 2 unspecified atom stereocenters. The summed E-state index contributed by atoms with van der Waals surface area (Å²) in [6.45, 7) is 21.2. The van der Waals surface area contributed by atoms with Crippen molar-refractivity contribution in [2.45, 2.75) is 86.1 Å². The maximum absolute atomic E-state index is 13.9. The van der Waals surface area contributed by atoms with Crippen LogP contribution in [0.5, 0.6) is 0 Å². The first kappa shape index (κ1) is 38.2. The fourth-order valence-corrected chi connectivity index (χ4v) is 3.47. The van der Waals surface area contributed by atoms with Gasteiger partial charge in [-0.15, -0.1) is 0 Å². The number of dihydropyridines is 1. The van der Waals surface area contributed by atoms with Crippen LogP contribution >= 0.6 is 0 Å². The van der Waals surface area contributed by atoms with E-state index in [1.807, 2.05) is 34.5 Å². The number of halogens is 4. The molecule has 0 spiro atoms. The van der Waals surface area contributed by atoms with Crippen molar-refractivity contribution in [3.63, 3.8) is 0 Å². The zero-order valence-electron chi connectivity index (χ0n) is 24.4. The molecule has 10 heteroatoms. The Morgan fingerprint density at radius 3 is 2.10 bits per heavy atom. The zero-order chi connectivity index (χ0) is 30.4. The van der Waals surface area contributed by atoms with E-state index in [4.69, 9.17) is 4.79 Å². The van der Waals surface area contributed by atoms with Gasteiger partial charge in [0.2, 0.25) is 0 Å². The molecule has 6 nitrogen and oxygen atoms in total. The van der Waals surface area contributed by atoms with Crippen LogP contribution in [0.2, 0.25) is 0 Å². The largest absolute Gasteiger partial charge is 0.408 e. The number of amidine groups is 1. The molecule has 0 aromatic carbocycles. The highest BCUT2D eigenvalue weighted by Crippen LogP contribution is 2.29. The highest BCUT2D eigenvalue weighted by Gasteiger charge is 2.45. The highest BCUT2D eigenvalue weighted by molar-refractivity contribution is 6.02. The Balaban J connectivity index is 0. The molecule has 0 aromatic heterocycles. The molecule has 0 saturated carbocycles. The molecule has 0 bridgehead atoms. The minimum absolute atomic E-state index is 0.0621. The number of carbonyl (C=O) groups is 1. The van der Waals surface area contributed by atoms with E-state index in [0.717, 1.165) is 6.20 Å². The third-order valence-corrected chi connectivity index (χ3v) is 5.08. The molecule has 0 amide bonds. The molecule has 39 heavy (non-hydrogen) atoms. The number of alkyl halides is 3. The van der Waals surface area contributed by atoms with Crippen LogP contribution in [0.4, 0.5) is 17.6 Å². The summed E-state index contributed by atoms with van der Waals surface area (Å²) in [5, 5.41) is 11.2. The molecule has 1 fully saturated rings. The molecule has 3 rings (SSSR count). The summed E-state index contributed by atoms with van der Waals surface area (Å²) in [6.07, 6.45) is 7.04. The van der Waals surface area contributed by atoms with Gasteiger partial charge < -0.3 is 20.7 Å². The summed E-state index contributed by atoms with van der Waals surface area (Å²) in [6, 6.07) is -2.05. The second kappa shape index (κ2) is 21.9. The molecule has 3 aliphatic heterocycles. The van der Waals surface area contributed by atoms with Gasteiger partial charge in [-0.05, 0) is 64.4 Å². The lowest BCUT2D eigenvalue weighted by atomic mass is 10.0. The fourth-order valence-electron chi connectivity index (χ4n) is 3.47. The van der Waals surface area contributed by atoms with Crippen LogP contribution in [-0.4, -0.2) is 44.1 Å². The van der Waals surface area contributed by atoms with Crippen molar-refractivity contribution in [2.24, 2.45) is 4.99 Å². The van der Waals surface area contributed by atoms with Gasteiger partial charge in [-0.2, -0.15) is 13.2 Å². The van der Waals surface area contributed by atoms with Crippen molar-refractivity contribution in [2.75, 3.05) is 13.1 Å². The third-order valence-electron chi connectivity index (χ3n) is 5.08. The van der Waals surface area contributed by atoms with Gasteiger partial charge in [0.1, 0.15) is 24.5 Å². The van der Waals surface area contributed by atoms with E-state index in [0.29, 0.717) is 17.0 Å². The van der Waals surface area contributed by atoms with E-state index in [1.54, 1.807) is 32.9 Å². The Hall–Kier alpha value is -2.98. The Labute approximate surface area is 232 Å². The number of nitrogens with one attached hydrogen (secondary N) is 4. The van der Waals surface area contributed by atoms with Gasteiger partial charge in [0.15, 0.2) is 0 Å². The second-order valence-corrected chi connectivity index (χ2v) is 8.01. The van der Waals surface area contributed by atoms with E-state index in [2.05, 4.69) is 32.8 Å². The Bertz CT molecular complexity index is 886. The summed E-state index contributed by atoms with van der Waals surface area (Å²) < 4.78 is 55.1. The quantitative estimate of drug-likeness (QED) is 0.222. The number of hydrogen-bond donors (Lipinski definition) is 4. The number of aliphatic imine (C=N–C) groups is 1. The number of hydrogen-bond acceptors (Lipinski definition) is 6. The monoisotopic (exact) mass is 557 g/mol. The number of rotatable bonds is 5. The van der Waals surface area contributed by atoms with Gasteiger partial charge in [0.25, 0.3) is 0 Å². The van der Waals surface area contributed by atoms with Gasteiger partial charge in [0.05, 0.1) is 6.17 Å². The minimum Gasteiger partial charge on any atom is -0.370 e. The summed E-state index contributed by atoms with van der Waals surface area (Å²) >= 11 is 0. The van der Waals surface area contributed by atoms with Crippen LogP contribution in [0.15, 0.2) is 76.5 Å². The van der Waals surface area contributed by atoms with Crippen LogP contribution < -0.4 is 21.3 Å². The second-order valence-electron chi connectivity index (χ2n) is 8.01. The molecule has 3 aliphatic rings. The minimum atomic E-state index is -4.62. The first-order valence-corrected chi connectivity index (χ1v) is 13.3. The summed E-state index contributed by atoms with van der Waals surface area (Å²) in [4.78, 5) is 12.2. The molecule has 4 N–H and O–H groups in total. The maximum Gasteiger partial charge on any atom is 0.408 e. The lowest BCUT2D eigenvalue weighted by molar-refractivity contribution is -0.147. The standard InChI is InChI=1S/C19H22F4N4.C5H11N.2C2H6.CH2O/c1-5-6-7-15(18-25-12(3)9-13(4)26-18)16(19(21,22)23)27-17-11(2)8-14(20)10-24-17;1-2-4-6-5-3-1;3*1-2/h5-10,16-17,24,27H,3H2,1-2,4H3,(H,25,26);6H,1-5H2;2*1-2H3;1H2/b6-5-,15-7-;;;;. The first-order valence-electron chi connectivity index (χ1n) is 13.3. The van der Waals surface area contributed by atoms with E-state index < -0.39 is 24.2 Å². The number of carbonyl (C=O) groups excluding carboxylic acids is 1. The highest BCUT2D eigenvalue weighted by atomic mass is 19.4. The van der Waals surface area contributed by atoms with Crippen molar-refractivity contribution in [1.29, 1.82) is 0 Å². The van der Waals surface area contributed by atoms with Crippen molar-refractivity contribution >= 4 is 12.6 Å². The average Bonchev–Trinajstić information content (AvgIpc) is 2.93. The molecule has 222 valence electrons. The number of piperidine rings is 1. The Kier molecular flexibility index (Phi) is 21.4. The normalized spacial score (nSPS) is 19.6. The summed E-state index contributed by atoms with van der Waals surface area (Å²) in [5.74, 6) is -0.485. The van der Waals surface area contributed by atoms with Crippen molar-refractivity contribution in [1.82, 2.24) is 21.3 Å². The zero-order valence-corrected chi connectivity index (χ0v) is 24.4. The fraction of sp³-hybridized carbons (Fsp3) is 0.517. The van der Waals surface area contributed by atoms with Gasteiger partial charge in [-0.25, -0.2) is 9.38 Å². The first-order chi connectivity index (χ1) is 18.6. The van der Waals surface area contributed by atoms with Gasteiger partial charge in [-0.3, -0.25) is 5.32 Å². The number of allylic oxidation sites excluding steroid dienone is 7. The molecule has 0 aromatic rings. The third kappa shape index (κ3) is 15.3. The number of nitrogens with zero attached hydrogens (tertiary/aromatic N) is 1. The van der Waals surface area contributed by atoms with E-state index >= 15 is 0 Å². The smallest absolute Gasteiger partial charge is 0.370 e. The van der Waals surface area contributed by atoms with Crippen LogP contribution in [0.1, 0.15) is 67.7 Å². The summed E-state index contributed by atoms with van der Waals surface area (Å²) in [7, 11) is 0. The summed E-state index contributed by atoms with van der Waals surface area (Å²) in [5.41, 5.74) is 1.28. The molecule has 3 heterocycles. The predicted octanol–water partition coefficient (Wildman–Crippen LogP) is 6.74. The van der Waals surface area contributed by atoms with E-state index in [-0.39, 0.29) is 11.4 Å². The lowest BCUT2D eigenvalue weighted by Crippen LogP contribution is -2.55. The molecule has 2 atom stereocenters. The van der Waals surface area contributed by atoms with E-state index in [1.165, 1.54) is 50.6 Å². The molecule has 0 aliphatic carbocycles. The predicted molar refractivity (Wildman–Crippen MR) is 156 cm³/mol. The Morgan fingerprint density at radius 1 is 1.10 bits per heavy atom. The van der Waals surface area contributed by atoms with Crippen LogP contribution in [0.3, 0.4) is 0 Å².